The van der Waals surface area contributed by atoms with E-state index in [1.165, 1.54) is 230 Å². The molecule has 0 saturated heterocycles. The molecule has 0 aromatic heterocycles. The molecule has 14 nitrogen and oxygen atoms in total. The van der Waals surface area contributed by atoms with Gasteiger partial charge in [0.15, 0.2) is 0 Å². The molecule has 0 heterocycles. The van der Waals surface area contributed by atoms with Crippen molar-refractivity contribution >= 4 is 35.7 Å². The molecule has 0 bridgehead atoms. The second kappa shape index (κ2) is 83.9. The van der Waals surface area contributed by atoms with Gasteiger partial charge in [-0.25, -0.2) is 0 Å². The number of hydrogen-bond acceptors (Lipinski definition) is 12. The molecule has 106 heavy (non-hydrogen) atoms. The minimum atomic E-state index is -0.298. The first-order valence-corrected chi connectivity index (χ1v) is 46.4. The number of unbranched alkanes of at least 4 members (excludes halogenated alkanes) is 48. The van der Waals surface area contributed by atoms with E-state index < -0.39 is 0 Å². The standard InChI is InChI=1S/C92H176N4O10/c1-7-13-19-25-31-33-35-47-63-83-103-89(99)69-57-49-61-79-95(77-59-45-37-43-55-71-91(101)105-85(65-51-39-27-21-15-9-3)66-52-40-28-22-16-10-4)81-75-93-87(97)73-74-88(98)94-76-82-96(80-62-50-58-70-90(100)104-84-64-48-36-34-32-26-20-14-8-2)78-60-46-38-44-56-72-92(102)106-86(67-53-41-29-23-17-11-5)68-54-42-30-24-18-12-6/h73-74,85-86H,7-72,75-84H2,1-6H3,(H,93,97)(H,94,98)/b74-73+. The zero-order valence-electron chi connectivity index (χ0n) is 71.0. The first kappa shape index (κ1) is 102. The Labute approximate surface area is 655 Å². The third-order valence-corrected chi connectivity index (χ3v) is 21.4. The predicted octanol–water partition coefficient (Wildman–Crippen LogP) is 25.2. The molecule has 0 aliphatic heterocycles. The molecule has 0 aromatic rings. The molecule has 0 aliphatic rings. The predicted molar refractivity (Wildman–Crippen MR) is 448 cm³/mol. The van der Waals surface area contributed by atoms with Crippen molar-refractivity contribution in [2.24, 2.45) is 0 Å². The fraction of sp³-hybridized carbons (Fsp3) is 0.913. The van der Waals surface area contributed by atoms with Gasteiger partial charge in [-0.3, -0.25) is 28.8 Å². The number of hydrogen-bond donors (Lipinski definition) is 2. The average molecular weight is 1500 g/mol. The highest BCUT2D eigenvalue weighted by atomic mass is 16.6. The maximum Gasteiger partial charge on any atom is 0.306 e. The van der Waals surface area contributed by atoms with Gasteiger partial charge in [0.1, 0.15) is 12.2 Å². The van der Waals surface area contributed by atoms with Gasteiger partial charge in [0.05, 0.1) is 13.2 Å². The van der Waals surface area contributed by atoms with E-state index in [1.807, 2.05) is 0 Å². The van der Waals surface area contributed by atoms with Gasteiger partial charge in [0, 0.05) is 64.0 Å². The summed E-state index contributed by atoms with van der Waals surface area (Å²) in [5.41, 5.74) is 0. The maximum atomic E-state index is 13.1. The lowest BCUT2D eigenvalue weighted by atomic mass is 10.0. The first-order chi connectivity index (χ1) is 52.0. The van der Waals surface area contributed by atoms with Gasteiger partial charge in [-0.05, 0) is 142 Å². The smallest absolute Gasteiger partial charge is 0.306 e. The molecule has 14 heteroatoms. The Hall–Kier alpha value is -3.52. The van der Waals surface area contributed by atoms with Crippen LogP contribution in [0.3, 0.4) is 0 Å². The van der Waals surface area contributed by atoms with E-state index in [2.05, 4.69) is 62.0 Å². The van der Waals surface area contributed by atoms with E-state index >= 15 is 0 Å². The second-order valence-corrected chi connectivity index (χ2v) is 31.8. The number of rotatable bonds is 86. The topological polar surface area (TPSA) is 170 Å². The average Bonchev–Trinajstić information content (AvgIpc) is 1.03. The Morgan fingerprint density at radius 3 is 0.717 bits per heavy atom. The molecular weight excluding hydrogens is 1320 g/mol. The van der Waals surface area contributed by atoms with Gasteiger partial charge in [-0.2, -0.15) is 0 Å². The summed E-state index contributed by atoms with van der Waals surface area (Å²) in [5.74, 6) is -0.852. The molecule has 0 aliphatic carbocycles. The van der Waals surface area contributed by atoms with Crippen LogP contribution in [0.15, 0.2) is 12.2 Å². The van der Waals surface area contributed by atoms with E-state index in [1.54, 1.807) is 0 Å². The zero-order chi connectivity index (χ0) is 77.2. The lowest BCUT2D eigenvalue weighted by Crippen LogP contribution is -2.36. The molecule has 624 valence electrons. The van der Waals surface area contributed by atoms with Crippen LogP contribution < -0.4 is 10.6 Å². The molecule has 0 fully saturated rings. The number of carbonyl (C=O) groups is 6. The van der Waals surface area contributed by atoms with Crippen LogP contribution >= 0.6 is 0 Å². The first-order valence-electron chi connectivity index (χ1n) is 46.4. The molecule has 0 rings (SSSR count). The van der Waals surface area contributed by atoms with Gasteiger partial charge in [-0.15, -0.1) is 0 Å². The van der Waals surface area contributed by atoms with Crippen molar-refractivity contribution in [2.45, 2.75) is 478 Å². The number of nitrogens with zero attached hydrogens (tertiary/aromatic N) is 2. The fourth-order valence-corrected chi connectivity index (χ4v) is 14.4. The van der Waals surface area contributed by atoms with Crippen molar-refractivity contribution in [3.05, 3.63) is 12.2 Å². The van der Waals surface area contributed by atoms with Crippen LogP contribution in [0.4, 0.5) is 0 Å². The van der Waals surface area contributed by atoms with E-state index in [4.69, 9.17) is 18.9 Å². The summed E-state index contributed by atoms with van der Waals surface area (Å²) in [6.07, 6.45) is 76.1. The number of nitrogens with one attached hydrogen (secondary N) is 2. The van der Waals surface area contributed by atoms with Crippen molar-refractivity contribution in [1.82, 2.24) is 20.4 Å². The molecule has 0 aromatic carbocycles. The molecule has 2 N–H and O–H groups in total. The van der Waals surface area contributed by atoms with Crippen molar-refractivity contribution in [3.8, 4) is 0 Å². The Bertz CT molecular complexity index is 1790. The quantitative estimate of drug-likeness (QED) is 0.0256. The van der Waals surface area contributed by atoms with Crippen LogP contribution in [0.1, 0.15) is 465 Å². The van der Waals surface area contributed by atoms with Crippen molar-refractivity contribution in [2.75, 3.05) is 65.6 Å². The van der Waals surface area contributed by atoms with Crippen LogP contribution in [0.25, 0.3) is 0 Å². The molecule has 2 amide bonds. The molecule has 0 saturated carbocycles. The van der Waals surface area contributed by atoms with Crippen molar-refractivity contribution < 1.29 is 47.7 Å². The van der Waals surface area contributed by atoms with E-state index in [0.717, 1.165) is 206 Å². The summed E-state index contributed by atoms with van der Waals surface area (Å²) >= 11 is 0. The van der Waals surface area contributed by atoms with Gasteiger partial charge >= 0.3 is 23.9 Å². The van der Waals surface area contributed by atoms with Crippen LogP contribution in [0.2, 0.25) is 0 Å². The van der Waals surface area contributed by atoms with Gasteiger partial charge in [-0.1, -0.05) is 324 Å². The zero-order valence-corrected chi connectivity index (χ0v) is 71.0. The molecule has 0 unspecified atom stereocenters. The van der Waals surface area contributed by atoms with Crippen LogP contribution in [0, 0.1) is 0 Å². The summed E-state index contributed by atoms with van der Waals surface area (Å²) in [6.45, 7) is 20.4. The highest BCUT2D eigenvalue weighted by Crippen LogP contribution is 2.22. The Morgan fingerprint density at radius 2 is 0.453 bits per heavy atom. The summed E-state index contributed by atoms with van der Waals surface area (Å²) in [4.78, 5) is 82.5. The van der Waals surface area contributed by atoms with Crippen LogP contribution in [-0.2, 0) is 47.7 Å². The SMILES string of the molecule is CCCCCCCCCCCOC(=O)CCCCCN(CCCCCCCC(=O)OC(CCCCCCCC)CCCCCCCC)CCNC(=O)/C=C/C(=O)NCCN(CCCCCCCC(=O)OC(CCCCCCCC)CCCCCCCC)CCCCCC(=O)OCCCCCCCCCCC. The van der Waals surface area contributed by atoms with Crippen LogP contribution in [0.5, 0.6) is 0 Å². The highest BCUT2D eigenvalue weighted by Gasteiger charge is 2.18. The summed E-state index contributed by atoms with van der Waals surface area (Å²) in [6, 6.07) is 0. The van der Waals surface area contributed by atoms with Crippen LogP contribution in [-0.4, -0.2) is 123 Å². The number of esters is 4. The van der Waals surface area contributed by atoms with Gasteiger partial charge in [0.2, 0.25) is 11.8 Å². The van der Waals surface area contributed by atoms with E-state index in [0.29, 0.717) is 65.1 Å². The number of ether oxygens (including phenoxy) is 4. The van der Waals surface area contributed by atoms with Crippen molar-refractivity contribution in [3.63, 3.8) is 0 Å². The van der Waals surface area contributed by atoms with E-state index in [9.17, 15) is 28.8 Å². The fourth-order valence-electron chi connectivity index (χ4n) is 14.4. The third kappa shape index (κ3) is 77.2. The summed E-state index contributed by atoms with van der Waals surface area (Å²) < 4.78 is 23.4. The Morgan fingerprint density at radius 1 is 0.245 bits per heavy atom. The van der Waals surface area contributed by atoms with E-state index in [-0.39, 0.29) is 47.9 Å². The number of amides is 2. The van der Waals surface area contributed by atoms with Gasteiger partial charge < -0.3 is 39.4 Å². The monoisotopic (exact) mass is 1500 g/mol. The highest BCUT2D eigenvalue weighted by molar-refractivity contribution is 5.96. The minimum absolute atomic E-state index is 0.0311. The minimum Gasteiger partial charge on any atom is -0.466 e. The lowest BCUT2D eigenvalue weighted by Gasteiger charge is -2.22. The normalized spacial score (nSPS) is 11.7. The summed E-state index contributed by atoms with van der Waals surface area (Å²) in [5, 5.41) is 6.05. The molecular formula is C92H176N4O10. The molecule has 0 radical (unpaired) electrons. The molecule has 0 spiro atoms. The maximum absolute atomic E-state index is 13.1. The van der Waals surface area contributed by atoms with Crippen molar-refractivity contribution in [1.29, 1.82) is 0 Å². The number of carbonyl (C=O) groups excluding carboxylic acids is 6. The Kier molecular flexibility index (Phi) is 81.2. The Balaban J connectivity index is 5.45. The summed E-state index contributed by atoms with van der Waals surface area (Å²) in [7, 11) is 0. The largest absolute Gasteiger partial charge is 0.466 e. The molecule has 0 atom stereocenters. The van der Waals surface area contributed by atoms with Gasteiger partial charge in [0.25, 0.3) is 0 Å². The lowest BCUT2D eigenvalue weighted by molar-refractivity contribution is -0.151. The second-order valence-electron chi connectivity index (χ2n) is 31.8. The third-order valence-electron chi connectivity index (χ3n) is 21.4.